The number of rotatable bonds is 2. The molecule has 0 aromatic carbocycles. The van der Waals surface area contributed by atoms with Crippen LogP contribution in [0.1, 0.15) is 24.1 Å². The van der Waals surface area contributed by atoms with Crippen molar-refractivity contribution in [3.8, 4) is 11.5 Å². The molecular weight excluding hydrogens is 248 g/mol. The topological polar surface area (TPSA) is 68.2 Å². The van der Waals surface area contributed by atoms with Gasteiger partial charge in [-0.2, -0.15) is 4.98 Å². The van der Waals surface area contributed by atoms with Gasteiger partial charge in [0.1, 0.15) is 0 Å². The first-order valence-electron chi connectivity index (χ1n) is 6.19. The maximum atomic E-state index is 5.94. The summed E-state index contributed by atoms with van der Waals surface area (Å²) in [6.45, 7) is 4.04. The maximum absolute atomic E-state index is 5.94. The molecule has 1 aliphatic rings. The molecule has 1 fully saturated rings. The molecule has 5 nitrogen and oxygen atoms in total. The van der Waals surface area contributed by atoms with Crippen molar-refractivity contribution in [2.75, 3.05) is 23.7 Å². The fraction of sp³-hybridized carbons (Fsp3) is 0.500. The van der Waals surface area contributed by atoms with Gasteiger partial charge in [-0.3, -0.25) is 0 Å². The monoisotopic (exact) mass is 264 g/mol. The molecule has 0 spiro atoms. The van der Waals surface area contributed by atoms with Crippen molar-refractivity contribution >= 4 is 22.3 Å². The number of nitrogens with two attached hydrogens (primary N) is 1. The van der Waals surface area contributed by atoms with Crippen LogP contribution in [0.3, 0.4) is 0 Å². The standard InChI is InChI=1S/C12H16N4OS/c1-8-7-9(10(13)18-8)11-14-12(15-17-11)16-5-3-2-4-6-16/h7H,2-6,13H2,1H3. The van der Waals surface area contributed by atoms with Crippen molar-refractivity contribution < 1.29 is 4.52 Å². The number of anilines is 2. The first-order chi connectivity index (χ1) is 8.74. The lowest BCUT2D eigenvalue weighted by molar-refractivity contribution is 0.426. The molecule has 0 atom stereocenters. The summed E-state index contributed by atoms with van der Waals surface area (Å²) in [5, 5.41) is 4.79. The van der Waals surface area contributed by atoms with E-state index >= 15 is 0 Å². The van der Waals surface area contributed by atoms with E-state index in [1.807, 2.05) is 13.0 Å². The Hall–Kier alpha value is -1.56. The summed E-state index contributed by atoms with van der Waals surface area (Å²) in [7, 11) is 0. The Morgan fingerprint density at radius 3 is 2.78 bits per heavy atom. The zero-order valence-electron chi connectivity index (χ0n) is 10.3. The van der Waals surface area contributed by atoms with Crippen molar-refractivity contribution in [1.82, 2.24) is 10.1 Å². The maximum Gasteiger partial charge on any atom is 0.266 e. The Labute approximate surface area is 110 Å². The number of nitrogen functional groups attached to an aromatic ring is 1. The molecule has 0 unspecified atom stereocenters. The van der Waals surface area contributed by atoms with Gasteiger partial charge < -0.3 is 15.2 Å². The highest BCUT2D eigenvalue weighted by molar-refractivity contribution is 7.16. The Kier molecular flexibility index (Phi) is 2.95. The van der Waals surface area contributed by atoms with Gasteiger partial charge in [-0.25, -0.2) is 0 Å². The smallest absolute Gasteiger partial charge is 0.266 e. The van der Waals surface area contributed by atoms with Crippen molar-refractivity contribution in [3.05, 3.63) is 10.9 Å². The van der Waals surface area contributed by atoms with E-state index in [-0.39, 0.29) is 0 Å². The Morgan fingerprint density at radius 1 is 1.33 bits per heavy atom. The average molecular weight is 264 g/mol. The zero-order chi connectivity index (χ0) is 12.5. The molecule has 3 heterocycles. The second-order valence-electron chi connectivity index (χ2n) is 4.58. The van der Waals surface area contributed by atoms with Crippen molar-refractivity contribution in [2.45, 2.75) is 26.2 Å². The third-order valence-corrected chi connectivity index (χ3v) is 4.05. The predicted octanol–water partition coefficient (Wildman–Crippen LogP) is 2.68. The summed E-state index contributed by atoms with van der Waals surface area (Å²) in [6.07, 6.45) is 3.69. The lowest BCUT2D eigenvalue weighted by Crippen LogP contribution is -2.30. The van der Waals surface area contributed by atoms with Gasteiger partial charge in [-0.15, -0.1) is 11.3 Å². The van der Waals surface area contributed by atoms with Gasteiger partial charge in [0.05, 0.1) is 10.6 Å². The van der Waals surface area contributed by atoms with E-state index < -0.39 is 0 Å². The fourth-order valence-electron chi connectivity index (χ4n) is 2.25. The molecule has 2 aromatic heterocycles. The van der Waals surface area contributed by atoms with Gasteiger partial charge in [0.2, 0.25) is 0 Å². The van der Waals surface area contributed by atoms with Crippen LogP contribution in [-0.4, -0.2) is 23.2 Å². The molecule has 18 heavy (non-hydrogen) atoms. The largest absolute Gasteiger partial charge is 0.390 e. The van der Waals surface area contributed by atoms with Crippen molar-refractivity contribution in [1.29, 1.82) is 0 Å². The highest BCUT2D eigenvalue weighted by Crippen LogP contribution is 2.33. The third-order valence-electron chi connectivity index (χ3n) is 3.17. The minimum atomic E-state index is 0.525. The van der Waals surface area contributed by atoms with E-state index in [1.54, 1.807) is 11.3 Å². The molecule has 0 amide bonds. The predicted molar refractivity (Wildman–Crippen MR) is 72.8 cm³/mol. The van der Waals surface area contributed by atoms with Gasteiger partial charge in [0.15, 0.2) is 0 Å². The minimum absolute atomic E-state index is 0.525. The summed E-state index contributed by atoms with van der Waals surface area (Å²) >= 11 is 1.55. The van der Waals surface area contributed by atoms with Crippen LogP contribution in [0.15, 0.2) is 10.6 Å². The average Bonchev–Trinajstić information content (AvgIpc) is 2.97. The van der Waals surface area contributed by atoms with E-state index in [1.165, 1.54) is 19.3 Å². The number of hydrogen-bond donors (Lipinski definition) is 1. The molecule has 96 valence electrons. The van der Waals surface area contributed by atoms with Crippen LogP contribution in [0.5, 0.6) is 0 Å². The van der Waals surface area contributed by atoms with Gasteiger partial charge in [0.25, 0.3) is 11.8 Å². The molecule has 1 saturated heterocycles. The molecule has 6 heteroatoms. The van der Waals surface area contributed by atoms with E-state index in [2.05, 4.69) is 15.0 Å². The molecule has 0 aliphatic carbocycles. The third kappa shape index (κ3) is 2.08. The van der Waals surface area contributed by atoms with E-state index in [9.17, 15) is 0 Å². The number of nitrogens with zero attached hydrogens (tertiary/aromatic N) is 3. The molecule has 2 aromatic rings. The van der Waals surface area contributed by atoms with E-state index in [4.69, 9.17) is 10.3 Å². The van der Waals surface area contributed by atoms with Crippen molar-refractivity contribution in [3.63, 3.8) is 0 Å². The summed E-state index contributed by atoms with van der Waals surface area (Å²) < 4.78 is 5.32. The first-order valence-corrected chi connectivity index (χ1v) is 7.00. The van der Waals surface area contributed by atoms with E-state index in [0.717, 1.165) is 28.5 Å². The summed E-state index contributed by atoms with van der Waals surface area (Å²) in [5.41, 5.74) is 6.79. The van der Waals surface area contributed by atoms with Crippen LogP contribution in [0.25, 0.3) is 11.5 Å². The van der Waals surface area contributed by atoms with Crippen LogP contribution in [0.2, 0.25) is 0 Å². The molecule has 0 bridgehead atoms. The van der Waals surface area contributed by atoms with Gasteiger partial charge >= 0.3 is 0 Å². The highest BCUT2D eigenvalue weighted by Gasteiger charge is 2.19. The normalized spacial score (nSPS) is 16.2. The molecule has 3 rings (SSSR count). The number of hydrogen-bond acceptors (Lipinski definition) is 6. The molecule has 0 saturated carbocycles. The Balaban J connectivity index is 1.86. The number of aromatic nitrogens is 2. The summed E-state index contributed by atoms with van der Waals surface area (Å²) in [6, 6.07) is 1.99. The van der Waals surface area contributed by atoms with Crippen molar-refractivity contribution in [2.24, 2.45) is 0 Å². The van der Waals surface area contributed by atoms with Crippen LogP contribution in [-0.2, 0) is 0 Å². The Morgan fingerprint density at radius 2 is 2.11 bits per heavy atom. The molecule has 0 radical (unpaired) electrons. The summed E-state index contributed by atoms with van der Waals surface area (Å²) in [5.74, 6) is 1.21. The number of thiophene rings is 1. The highest BCUT2D eigenvalue weighted by atomic mass is 32.1. The lowest BCUT2D eigenvalue weighted by Gasteiger charge is -2.24. The van der Waals surface area contributed by atoms with Crippen LogP contribution in [0, 0.1) is 6.92 Å². The lowest BCUT2D eigenvalue weighted by atomic mass is 10.1. The van der Waals surface area contributed by atoms with Crippen LogP contribution in [0.4, 0.5) is 10.9 Å². The Bertz CT molecular complexity index is 542. The second-order valence-corrected chi connectivity index (χ2v) is 5.87. The van der Waals surface area contributed by atoms with Crippen LogP contribution >= 0.6 is 11.3 Å². The van der Waals surface area contributed by atoms with Gasteiger partial charge in [-0.1, -0.05) is 0 Å². The second kappa shape index (κ2) is 4.61. The molecule has 1 aliphatic heterocycles. The van der Waals surface area contributed by atoms with E-state index in [0.29, 0.717) is 11.8 Å². The first kappa shape index (κ1) is 11.5. The number of piperidine rings is 1. The van der Waals surface area contributed by atoms with Gasteiger partial charge in [0, 0.05) is 18.0 Å². The number of aryl methyl sites for hydroxylation is 1. The minimum Gasteiger partial charge on any atom is -0.390 e. The summed E-state index contributed by atoms with van der Waals surface area (Å²) in [4.78, 5) is 7.78. The zero-order valence-corrected chi connectivity index (χ0v) is 11.2. The van der Waals surface area contributed by atoms with Crippen LogP contribution < -0.4 is 10.6 Å². The SMILES string of the molecule is Cc1cc(-c2nc(N3CCCCC3)no2)c(N)s1. The molecular formula is C12H16N4OS. The fourth-order valence-corrected chi connectivity index (χ4v) is 3.03. The molecule has 2 N–H and O–H groups in total. The van der Waals surface area contributed by atoms with Gasteiger partial charge in [-0.05, 0) is 37.4 Å². The quantitative estimate of drug-likeness (QED) is 0.903.